The van der Waals surface area contributed by atoms with Crippen LogP contribution >= 0.6 is 0 Å². The van der Waals surface area contributed by atoms with Crippen LogP contribution in [0.25, 0.3) is 0 Å². The molecule has 0 aromatic heterocycles. The smallest absolute Gasteiger partial charge is 0.240 e. The first-order valence-corrected chi connectivity index (χ1v) is 5.36. The Balaban J connectivity index is 2.61. The monoisotopic (exact) mass is 215 g/mol. The van der Waals surface area contributed by atoms with Crippen LogP contribution < -0.4 is 5.32 Å². The quantitative estimate of drug-likeness (QED) is 0.616. The van der Waals surface area contributed by atoms with E-state index >= 15 is 0 Å². The Bertz CT molecular complexity index is 219. The molecule has 0 bridgehead atoms. The van der Waals surface area contributed by atoms with Gasteiger partial charge in [-0.25, -0.2) is 0 Å². The van der Waals surface area contributed by atoms with E-state index in [4.69, 9.17) is 0 Å². The standard InChI is InChI=1S/C10H21N3O2/c1-8(14)7-13-5-4-11-6-9(13)10(15)12(2)3/h8-9,11,14H,4-7H2,1-3H3/t8-,9?/m1/s1. The van der Waals surface area contributed by atoms with E-state index in [1.807, 2.05) is 4.90 Å². The van der Waals surface area contributed by atoms with E-state index in [9.17, 15) is 9.90 Å². The molecule has 0 aromatic carbocycles. The second-order valence-electron chi connectivity index (χ2n) is 4.30. The number of likely N-dealkylation sites (N-methyl/N-ethyl adjacent to an activating group) is 1. The molecule has 1 heterocycles. The fourth-order valence-electron chi connectivity index (χ4n) is 1.85. The third-order valence-corrected chi connectivity index (χ3v) is 2.58. The van der Waals surface area contributed by atoms with Crippen molar-refractivity contribution in [3.8, 4) is 0 Å². The molecule has 2 atom stereocenters. The molecule has 5 heteroatoms. The number of nitrogens with zero attached hydrogens (tertiary/aromatic N) is 2. The van der Waals surface area contributed by atoms with E-state index in [0.29, 0.717) is 13.1 Å². The Hall–Kier alpha value is -0.650. The highest BCUT2D eigenvalue weighted by molar-refractivity contribution is 5.81. The van der Waals surface area contributed by atoms with Gasteiger partial charge in [0.1, 0.15) is 6.04 Å². The Morgan fingerprint density at radius 3 is 2.87 bits per heavy atom. The predicted octanol–water partition coefficient (Wildman–Crippen LogP) is -1.27. The van der Waals surface area contributed by atoms with Crippen molar-refractivity contribution in [3.63, 3.8) is 0 Å². The van der Waals surface area contributed by atoms with E-state index in [-0.39, 0.29) is 18.1 Å². The van der Waals surface area contributed by atoms with Crippen molar-refractivity contribution in [1.82, 2.24) is 15.1 Å². The maximum atomic E-state index is 11.9. The van der Waals surface area contributed by atoms with E-state index in [2.05, 4.69) is 5.32 Å². The fraction of sp³-hybridized carbons (Fsp3) is 0.900. The Labute approximate surface area is 91.0 Å². The van der Waals surface area contributed by atoms with Crippen molar-refractivity contribution in [2.45, 2.75) is 19.1 Å². The molecule has 15 heavy (non-hydrogen) atoms. The number of aliphatic hydroxyl groups is 1. The molecule has 1 amide bonds. The number of nitrogens with one attached hydrogen (secondary N) is 1. The minimum Gasteiger partial charge on any atom is -0.392 e. The van der Waals surface area contributed by atoms with Gasteiger partial charge in [-0.3, -0.25) is 9.69 Å². The summed E-state index contributed by atoms with van der Waals surface area (Å²) in [6.45, 7) is 4.67. The number of carbonyl (C=O) groups excluding carboxylic acids is 1. The predicted molar refractivity (Wildman–Crippen MR) is 58.6 cm³/mol. The Kier molecular flexibility index (Phi) is 4.50. The molecule has 1 aliphatic heterocycles. The van der Waals surface area contributed by atoms with Gasteiger partial charge in [0.15, 0.2) is 0 Å². The minimum atomic E-state index is -0.388. The van der Waals surface area contributed by atoms with Gasteiger partial charge in [-0.05, 0) is 6.92 Å². The molecule has 5 nitrogen and oxygen atoms in total. The second kappa shape index (κ2) is 5.44. The summed E-state index contributed by atoms with van der Waals surface area (Å²) < 4.78 is 0. The van der Waals surface area contributed by atoms with Crippen molar-refractivity contribution in [2.24, 2.45) is 0 Å². The second-order valence-corrected chi connectivity index (χ2v) is 4.30. The topological polar surface area (TPSA) is 55.8 Å². The van der Waals surface area contributed by atoms with Gasteiger partial charge in [0.2, 0.25) is 5.91 Å². The first-order valence-electron chi connectivity index (χ1n) is 5.36. The maximum Gasteiger partial charge on any atom is 0.240 e. The van der Waals surface area contributed by atoms with Gasteiger partial charge in [0.25, 0.3) is 0 Å². The van der Waals surface area contributed by atoms with Crippen LogP contribution in [-0.4, -0.2) is 73.2 Å². The number of rotatable bonds is 3. The van der Waals surface area contributed by atoms with Crippen LogP contribution in [0.1, 0.15) is 6.92 Å². The number of carbonyl (C=O) groups is 1. The zero-order chi connectivity index (χ0) is 11.4. The highest BCUT2D eigenvalue weighted by Crippen LogP contribution is 2.06. The molecule has 0 aliphatic carbocycles. The highest BCUT2D eigenvalue weighted by Gasteiger charge is 2.29. The summed E-state index contributed by atoms with van der Waals surface area (Å²) in [6.07, 6.45) is -0.388. The van der Waals surface area contributed by atoms with E-state index in [1.165, 1.54) is 0 Å². The SMILES string of the molecule is C[C@@H](O)CN1CCNCC1C(=O)N(C)C. The first-order chi connectivity index (χ1) is 7.02. The molecule has 0 saturated carbocycles. The highest BCUT2D eigenvalue weighted by atomic mass is 16.3. The lowest BCUT2D eigenvalue weighted by Gasteiger charge is -2.36. The molecule has 1 saturated heterocycles. The number of hydrogen-bond donors (Lipinski definition) is 2. The number of aliphatic hydroxyl groups excluding tert-OH is 1. The van der Waals surface area contributed by atoms with Gasteiger partial charge < -0.3 is 15.3 Å². The van der Waals surface area contributed by atoms with Crippen LogP contribution in [0.3, 0.4) is 0 Å². The average Bonchev–Trinajstić information content (AvgIpc) is 2.16. The van der Waals surface area contributed by atoms with Crippen molar-refractivity contribution < 1.29 is 9.90 Å². The van der Waals surface area contributed by atoms with Crippen LogP contribution in [0.5, 0.6) is 0 Å². The lowest BCUT2D eigenvalue weighted by Crippen LogP contribution is -2.58. The van der Waals surface area contributed by atoms with Gasteiger partial charge in [-0.15, -0.1) is 0 Å². The summed E-state index contributed by atoms with van der Waals surface area (Å²) >= 11 is 0. The van der Waals surface area contributed by atoms with Crippen LogP contribution in [-0.2, 0) is 4.79 Å². The third kappa shape index (κ3) is 3.44. The normalized spacial score (nSPS) is 24.9. The molecule has 0 spiro atoms. The largest absolute Gasteiger partial charge is 0.392 e. The summed E-state index contributed by atoms with van der Waals surface area (Å²) in [5.41, 5.74) is 0. The van der Waals surface area contributed by atoms with Crippen LogP contribution in [0.15, 0.2) is 0 Å². The first kappa shape index (κ1) is 12.4. The zero-order valence-electron chi connectivity index (χ0n) is 9.73. The average molecular weight is 215 g/mol. The molecule has 1 unspecified atom stereocenters. The molecule has 0 aromatic rings. The lowest BCUT2D eigenvalue weighted by atomic mass is 10.1. The molecule has 1 fully saturated rings. The molecule has 1 aliphatic rings. The maximum absolute atomic E-state index is 11.9. The number of β-amino-alcohol motifs (C(OH)–C–C–N with tert-alkyl or cyclic N) is 1. The fourth-order valence-corrected chi connectivity index (χ4v) is 1.85. The molecule has 1 rings (SSSR count). The molecule has 2 N–H and O–H groups in total. The molecular weight excluding hydrogens is 194 g/mol. The summed E-state index contributed by atoms with van der Waals surface area (Å²) in [7, 11) is 3.52. The summed E-state index contributed by atoms with van der Waals surface area (Å²) in [4.78, 5) is 15.5. The van der Waals surface area contributed by atoms with Crippen molar-refractivity contribution in [1.29, 1.82) is 0 Å². The summed E-state index contributed by atoms with van der Waals surface area (Å²) in [6, 6.07) is -0.136. The van der Waals surface area contributed by atoms with Crippen LogP contribution in [0.4, 0.5) is 0 Å². The van der Waals surface area contributed by atoms with Crippen molar-refractivity contribution in [2.75, 3.05) is 40.3 Å². The van der Waals surface area contributed by atoms with Gasteiger partial charge in [-0.1, -0.05) is 0 Å². The van der Waals surface area contributed by atoms with Crippen molar-refractivity contribution >= 4 is 5.91 Å². The lowest BCUT2D eigenvalue weighted by molar-refractivity contribution is -0.135. The number of piperazine rings is 1. The Morgan fingerprint density at radius 1 is 1.67 bits per heavy atom. The summed E-state index contributed by atoms with van der Waals surface area (Å²) in [5.74, 6) is 0.0999. The van der Waals surface area contributed by atoms with Gasteiger partial charge in [0.05, 0.1) is 6.10 Å². The summed E-state index contributed by atoms with van der Waals surface area (Å²) in [5, 5.41) is 12.6. The van der Waals surface area contributed by atoms with E-state index in [1.54, 1.807) is 25.9 Å². The van der Waals surface area contributed by atoms with Crippen LogP contribution in [0.2, 0.25) is 0 Å². The molecular formula is C10H21N3O2. The zero-order valence-corrected chi connectivity index (χ0v) is 9.73. The van der Waals surface area contributed by atoms with Crippen molar-refractivity contribution in [3.05, 3.63) is 0 Å². The van der Waals surface area contributed by atoms with Gasteiger partial charge in [-0.2, -0.15) is 0 Å². The van der Waals surface area contributed by atoms with Gasteiger partial charge in [0, 0.05) is 40.3 Å². The van der Waals surface area contributed by atoms with Gasteiger partial charge >= 0.3 is 0 Å². The number of hydrogen-bond acceptors (Lipinski definition) is 4. The number of amides is 1. The molecule has 88 valence electrons. The van der Waals surface area contributed by atoms with Crippen LogP contribution in [0, 0.1) is 0 Å². The Morgan fingerprint density at radius 2 is 2.33 bits per heavy atom. The van der Waals surface area contributed by atoms with E-state index in [0.717, 1.165) is 13.1 Å². The molecule has 0 radical (unpaired) electrons. The van der Waals surface area contributed by atoms with E-state index < -0.39 is 0 Å². The third-order valence-electron chi connectivity index (χ3n) is 2.58. The minimum absolute atomic E-state index is 0.0999.